The molecule has 0 aliphatic heterocycles. The van der Waals surface area contributed by atoms with Crippen molar-refractivity contribution < 1.29 is 18.0 Å². The van der Waals surface area contributed by atoms with E-state index in [0.717, 1.165) is 21.9 Å². The summed E-state index contributed by atoms with van der Waals surface area (Å²) in [6.45, 7) is 5.58. The minimum absolute atomic E-state index is 0.0481. The van der Waals surface area contributed by atoms with Crippen LogP contribution in [0, 0.1) is 13.8 Å². The first kappa shape index (κ1) is 26.2. The number of carbonyl (C=O) groups excluding carboxylic acids is 2. The van der Waals surface area contributed by atoms with E-state index < -0.39 is 22.5 Å². The molecule has 2 amide bonds. The zero-order valence-corrected chi connectivity index (χ0v) is 21.4. The Morgan fingerprint density at radius 3 is 2.31 bits per heavy atom. The molecule has 7 nitrogen and oxygen atoms in total. The molecule has 0 unspecified atom stereocenters. The van der Waals surface area contributed by atoms with E-state index in [-0.39, 0.29) is 16.5 Å². The molecule has 0 radical (unpaired) electrons. The standard InChI is InChI=1S/C26H28ClN3O4S/c1-4-15-28-26(32)22-7-5-6-8-24(22)29-25(31)17-30(20-12-11-19(3)23(27)16-20)35(33,34)21-13-9-18(2)10-14-21/h5-14,16H,4,15,17H2,1-3H3,(H,28,32)(H,29,31). The van der Waals surface area contributed by atoms with Crippen LogP contribution in [0.3, 0.4) is 0 Å². The van der Waals surface area contributed by atoms with Crippen molar-refractivity contribution in [3.8, 4) is 0 Å². The maximum Gasteiger partial charge on any atom is 0.264 e. The van der Waals surface area contributed by atoms with E-state index in [4.69, 9.17) is 11.6 Å². The number of nitrogens with one attached hydrogen (secondary N) is 2. The van der Waals surface area contributed by atoms with Gasteiger partial charge in [-0.2, -0.15) is 0 Å². The third-order valence-electron chi connectivity index (χ3n) is 5.32. The second-order valence-corrected chi connectivity index (χ2v) is 10.4. The highest BCUT2D eigenvalue weighted by atomic mass is 35.5. The van der Waals surface area contributed by atoms with Crippen LogP contribution in [-0.2, 0) is 14.8 Å². The maximum atomic E-state index is 13.6. The van der Waals surface area contributed by atoms with Gasteiger partial charge in [-0.15, -0.1) is 0 Å². The van der Waals surface area contributed by atoms with Crippen molar-refractivity contribution in [3.05, 3.63) is 88.4 Å². The fraction of sp³-hybridized carbons (Fsp3) is 0.231. The van der Waals surface area contributed by atoms with E-state index in [2.05, 4.69) is 10.6 Å². The number of sulfonamides is 1. The number of nitrogens with zero attached hydrogens (tertiary/aromatic N) is 1. The molecule has 2 N–H and O–H groups in total. The maximum absolute atomic E-state index is 13.6. The molecule has 0 fully saturated rings. The highest BCUT2D eigenvalue weighted by molar-refractivity contribution is 7.92. The van der Waals surface area contributed by atoms with Crippen LogP contribution in [0.15, 0.2) is 71.6 Å². The smallest absolute Gasteiger partial charge is 0.264 e. The number of rotatable bonds is 9. The largest absolute Gasteiger partial charge is 0.352 e. The van der Waals surface area contributed by atoms with Gasteiger partial charge in [0.15, 0.2) is 0 Å². The molecule has 0 atom stereocenters. The Balaban J connectivity index is 1.94. The number of benzene rings is 3. The Labute approximate surface area is 211 Å². The Bertz CT molecular complexity index is 1320. The summed E-state index contributed by atoms with van der Waals surface area (Å²) in [5, 5.41) is 5.85. The van der Waals surface area contributed by atoms with Crippen molar-refractivity contribution in [1.82, 2.24) is 5.32 Å². The molecule has 0 heterocycles. The molecule has 3 rings (SSSR count). The second-order valence-electron chi connectivity index (χ2n) is 8.11. The number of halogens is 1. The Morgan fingerprint density at radius 1 is 0.971 bits per heavy atom. The van der Waals surface area contributed by atoms with Gasteiger partial charge >= 0.3 is 0 Å². The normalized spacial score (nSPS) is 11.1. The molecule has 3 aromatic carbocycles. The first-order valence-electron chi connectivity index (χ1n) is 11.2. The lowest BCUT2D eigenvalue weighted by atomic mass is 10.1. The first-order valence-corrected chi connectivity index (χ1v) is 13.0. The third-order valence-corrected chi connectivity index (χ3v) is 7.52. The number of anilines is 2. The van der Waals surface area contributed by atoms with Crippen LogP contribution < -0.4 is 14.9 Å². The molecule has 35 heavy (non-hydrogen) atoms. The van der Waals surface area contributed by atoms with Crippen molar-refractivity contribution in [3.63, 3.8) is 0 Å². The second kappa shape index (κ2) is 11.4. The van der Waals surface area contributed by atoms with Crippen LogP contribution in [0.5, 0.6) is 0 Å². The van der Waals surface area contributed by atoms with Crippen LogP contribution in [0.1, 0.15) is 34.8 Å². The number of amides is 2. The van der Waals surface area contributed by atoms with Gasteiger partial charge in [-0.05, 0) is 62.2 Å². The molecule has 3 aromatic rings. The summed E-state index contributed by atoms with van der Waals surface area (Å²) in [7, 11) is -4.09. The van der Waals surface area contributed by atoms with Crippen molar-refractivity contribution in [2.24, 2.45) is 0 Å². The van der Waals surface area contributed by atoms with Gasteiger partial charge in [-0.3, -0.25) is 13.9 Å². The van der Waals surface area contributed by atoms with E-state index in [1.54, 1.807) is 55.5 Å². The lowest BCUT2D eigenvalue weighted by molar-refractivity contribution is -0.114. The van der Waals surface area contributed by atoms with E-state index >= 15 is 0 Å². The molecule has 184 valence electrons. The van der Waals surface area contributed by atoms with Crippen LogP contribution in [0.2, 0.25) is 5.02 Å². The predicted octanol–water partition coefficient (Wildman–Crippen LogP) is 4.93. The zero-order valence-electron chi connectivity index (χ0n) is 19.8. The van der Waals surface area contributed by atoms with Crippen LogP contribution in [-0.4, -0.2) is 33.3 Å². The predicted molar refractivity (Wildman–Crippen MR) is 140 cm³/mol. The number of aryl methyl sites for hydroxylation is 2. The molecule has 0 aromatic heterocycles. The number of hydrogen-bond acceptors (Lipinski definition) is 4. The van der Waals surface area contributed by atoms with Gasteiger partial charge in [0.2, 0.25) is 5.91 Å². The summed E-state index contributed by atoms with van der Waals surface area (Å²) in [5.74, 6) is -0.926. The third kappa shape index (κ3) is 6.41. The van der Waals surface area contributed by atoms with Gasteiger partial charge in [0, 0.05) is 11.6 Å². The molecule has 0 bridgehead atoms. The van der Waals surface area contributed by atoms with Gasteiger partial charge in [0.25, 0.3) is 15.9 Å². The highest BCUT2D eigenvalue weighted by Crippen LogP contribution is 2.28. The minimum Gasteiger partial charge on any atom is -0.352 e. The molecular weight excluding hydrogens is 486 g/mol. The number of para-hydroxylation sites is 1. The highest BCUT2D eigenvalue weighted by Gasteiger charge is 2.28. The Morgan fingerprint density at radius 2 is 1.66 bits per heavy atom. The minimum atomic E-state index is -4.09. The van der Waals surface area contributed by atoms with Crippen molar-refractivity contribution >= 4 is 44.8 Å². The Kier molecular flexibility index (Phi) is 8.53. The summed E-state index contributed by atoms with van der Waals surface area (Å²) in [4.78, 5) is 25.6. The van der Waals surface area contributed by atoms with E-state index in [1.807, 2.05) is 13.8 Å². The van der Waals surface area contributed by atoms with Gasteiger partial charge in [0.05, 0.1) is 21.8 Å². The fourth-order valence-electron chi connectivity index (χ4n) is 3.33. The lowest BCUT2D eigenvalue weighted by Gasteiger charge is -2.25. The van der Waals surface area contributed by atoms with Gasteiger partial charge in [-0.25, -0.2) is 8.42 Å². The summed E-state index contributed by atoms with van der Waals surface area (Å²) in [5.41, 5.74) is 2.52. The average molecular weight is 514 g/mol. The fourth-order valence-corrected chi connectivity index (χ4v) is 4.92. The van der Waals surface area contributed by atoms with Crippen molar-refractivity contribution in [2.75, 3.05) is 22.7 Å². The molecule has 0 aliphatic carbocycles. The lowest BCUT2D eigenvalue weighted by Crippen LogP contribution is -2.38. The average Bonchev–Trinajstić information content (AvgIpc) is 2.83. The molecule has 9 heteroatoms. The monoisotopic (exact) mass is 513 g/mol. The van der Waals surface area contributed by atoms with Crippen LogP contribution in [0.4, 0.5) is 11.4 Å². The molecule has 0 spiro atoms. The van der Waals surface area contributed by atoms with Gasteiger partial charge in [-0.1, -0.05) is 54.4 Å². The molecule has 0 saturated heterocycles. The number of hydrogen-bond donors (Lipinski definition) is 2. The SMILES string of the molecule is CCCNC(=O)c1ccccc1NC(=O)CN(c1ccc(C)c(Cl)c1)S(=O)(=O)c1ccc(C)cc1. The van der Waals surface area contributed by atoms with E-state index in [0.29, 0.717) is 22.8 Å². The quantitative estimate of drug-likeness (QED) is 0.424. The van der Waals surface area contributed by atoms with Gasteiger partial charge < -0.3 is 10.6 Å². The first-order chi connectivity index (χ1) is 16.6. The van der Waals surface area contributed by atoms with Crippen LogP contribution >= 0.6 is 11.6 Å². The summed E-state index contributed by atoms with van der Waals surface area (Å²) >= 11 is 6.27. The molecule has 0 aliphatic rings. The summed E-state index contributed by atoms with van der Waals surface area (Å²) < 4.78 is 28.1. The Hall–Kier alpha value is -3.36. The van der Waals surface area contributed by atoms with Crippen molar-refractivity contribution in [1.29, 1.82) is 0 Å². The van der Waals surface area contributed by atoms with Gasteiger partial charge in [0.1, 0.15) is 6.54 Å². The van der Waals surface area contributed by atoms with E-state index in [9.17, 15) is 18.0 Å². The summed E-state index contributed by atoms with van der Waals surface area (Å²) in [6, 6.07) is 17.8. The van der Waals surface area contributed by atoms with Crippen molar-refractivity contribution in [2.45, 2.75) is 32.1 Å². The van der Waals surface area contributed by atoms with E-state index in [1.165, 1.54) is 18.2 Å². The summed E-state index contributed by atoms with van der Waals surface area (Å²) in [6.07, 6.45) is 0.769. The zero-order chi connectivity index (χ0) is 25.6. The number of carbonyl (C=O) groups is 2. The molecule has 0 saturated carbocycles. The topological polar surface area (TPSA) is 95.6 Å². The van der Waals surface area contributed by atoms with Crippen LogP contribution in [0.25, 0.3) is 0 Å². The molecular formula is C26H28ClN3O4S.